The van der Waals surface area contributed by atoms with Gasteiger partial charge in [0.15, 0.2) is 0 Å². The lowest BCUT2D eigenvalue weighted by molar-refractivity contribution is -0.136. The number of halogens is 2. The molecule has 24 heavy (non-hydrogen) atoms. The summed E-state index contributed by atoms with van der Waals surface area (Å²) in [6.07, 6.45) is 5.07. The molecule has 2 aromatic heterocycles. The third kappa shape index (κ3) is 3.54. The Bertz CT molecular complexity index is 838. The summed E-state index contributed by atoms with van der Waals surface area (Å²) < 4.78 is 27.6. The number of aliphatic carboxylic acids is 1. The highest BCUT2D eigenvalue weighted by Gasteiger charge is 2.23. The molecule has 0 aromatic carbocycles. The van der Waals surface area contributed by atoms with Crippen molar-refractivity contribution >= 4 is 36.5 Å². The number of nitrogens with zero attached hydrogens (tertiary/aromatic N) is 2. The Morgan fingerprint density at radius 3 is 2.83 bits per heavy atom. The molecule has 0 atom stereocenters. The van der Waals surface area contributed by atoms with E-state index < -0.39 is 13.4 Å². The van der Waals surface area contributed by atoms with E-state index in [1.807, 2.05) is 23.6 Å². The molecule has 0 unspecified atom stereocenters. The number of hydrogen-bond acceptors (Lipinski definition) is 3. The highest BCUT2D eigenvalue weighted by Crippen LogP contribution is 2.22. The van der Waals surface area contributed by atoms with Gasteiger partial charge >= 0.3 is 13.4 Å². The average Bonchev–Trinajstić information content (AvgIpc) is 3.25. The molecule has 4 nitrogen and oxygen atoms in total. The van der Waals surface area contributed by atoms with Crippen LogP contribution in [0.25, 0.3) is 6.08 Å². The number of allylic oxidation sites excluding steroid dienone is 2. The Labute approximate surface area is 141 Å². The molecular formula is C16H13BF2N2O2S. The van der Waals surface area contributed by atoms with E-state index in [9.17, 15) is 13.4 Å². The van der Waals surface area contributed by atoms with Gasteiger partial charge in [0.1, 0.15) is 0 Å². The molecular weight excluding hydrogens is 333 g/mol. The van der Waals surface area contributed by atoms with Gasteiger partial charge in [0.05, 0.1) is 22.7 Å². The van der Waals surface area contributed by atoms with Crippen LogP contribution in [-0.4, -0.2) is 28.7 Å². The molecule has 0 aliphatic carbocycles. The quantitative estimate of drug-likeness (QED) is 0.810. The molecule has 1 N–H and O–H groups in total. The molecule has 0 saturated heterocycles. The molecule has 2 aromatic rings. The zero-order chi connectivity index (χ0) is 17.1. The Morgan fingerprint density at radius 2 is 2.17 bits per heavy atom. The number of aliphatic imine (C=N–C) groups is 1. The topological polar surface area (TPSA) is 54.6 Å². The van der Waals surface area contributed by atoms with E-state index in [0.29, 0.717) is 17.1 Å². The standard InChI is InChI=1S/C16H13BF2N2O2S/c18-17(19)21-12(6-8-16(22)23)4-5-13(21)10-11-3-7-14(20-11)15-2-1-9-24-15/h1-5,7,9-10H,6,8H2,(H,22,23)/b11-10-. The van der Waals surface area contributed by atoms with Gasteiger partial charge in [0.2, 0.25) is 0 Å². The number of hydrogen-bond donors (Lipinski definition) is 1. The predicted molar refractivity (Wildman–Crippen MR) is 91.7 cm³/mol. The highest BCUT2D eigenvalue weighted by atomic mass is 32.1. The van der Waals surface area contributed by atoms with E-state index in [-0.39, 0.29) is 12.8 Å². The lowest BCUT2D eigenvalue weighted by Gasteiger charge is -2.07. The summed E-state index contributed by atoms with van der Waals surface area (Å²) in [4.78, 5) is 16.1. The molecule has 8 heteroatoms. The average molecular weight is 346 g/mol. The van der Waals surface area contributed by atoms with Crippen molar-refractivity contribution in [3.05, 3.63) is 63.8 Å². The Morgan fingerprint density at radius 1 is 1.33 bits per heavy atom. The first-order valence-corrected chi connectivity index (χ1v) is 8.15. The lowest BCUT2D eigenvalue weighted by Crippen LogP contribution is -2.18. The summed E-state index contributed by atoms with van der Waals surface area (Å²) in [5, 5.41) is 10.7. The monoisotopic (exact) mass is 346 g/mol. The van der Waals surface area contributed by atoms with Crippen LogP contribution in [0.1, 0.15) is 22.7 Å². The molecule has 0 bridgehead atoms. The summed E-state index contributed by atoms with van der Waals surface area (Å²) in [5.74, 6) is -1.01. The van der Waals surface area contributed by atoms with Gasteiger partial charge in [-0.25, -0.2) is 4.99 Å². The van der Waals surface area contributed by atoms with E-state index in [2.05, 4.69) is 4.99 Å². The second-order valence-corrected chi connectivity index (χ2v) is 6.12. The summed E-state index contributed by atoms with van der Waals surface area (Å²) in [7, 11) is -2.73. The van der Waals surface area contributed by atoms with Crippen molar-refractivity contribution < 1.29 is 18.5 Å². The van der Waals surface area contributed by atoms with Crippen LogP contribution in [-0.2, 0) is 11.2 Å². The first-order valence-electron chi connectivity index (χ1n) is 7.27. The van der Waals surface area contributed by atoms with Gasteiger partial charge in [-0.05, 0) is 48.2 Å². The van der Waals surface area contributed by atoms with Gasteiger partial charge < -0.3 is 9.58 Å². The number of carboxylic acid groups (broad SMARTS) is 1. The second-order valence-electron chi connectivity index (χ2n) is 5.17. The number of aromatic nitrogens is 1. The normalized spacial score (nSPS) is 15.1. The third-order valence-corrected chi connectivity index (χ3v) is 4.45. The fraction of sp³-hybridized carbons (Fsp3) is 0.125. The van der Waals surface area contributed by atoms with E-state index in [1.165, 1.54) is 6.07 Å². The van der Waals surface area contributed by atoms with Crippen LogP contribution in [0.15, 0.2) is 52.5 Å². The molecule has 0 spiro atoms. The summed E-state index contributed by atoms with van der Waals surface area (Å²) in [6.45, 7) is 0. The Hall–Kier alpha value is -2.48. The molecule has 122 valence electrons. The van der Waals surface area contributed by atoms with Crippen LogP contribution in [0.3, 0.4) is 0 Å². The van der Waals surface area contributed by atoms with Gasteiger partial charge in [0.25, 0.3) is 0 Å². The number of rotatable bonds is 6. The first kappa shape index (κ1) is 16.4. The van der Waals surface area contributed by atoms with Crippen LogP contribution >= 0.6 is 11.3 Å². The van der Waals surface area contributed by atoms with Crippen molar-refractivity contribution in [2.24, 2.45) is 4.99 Å². The molecule has 3 heterocycles. The SMILES string of the molecule is O=C(O)CCc1ccc(/C=C2/C=CC(c3cccs3)=N2)n1B(F)F. The van der Waals surface area contributed by atoms with Crippen LogP contribution in [0.4, 0.5) is 8.63 Å². The van der Waals surface area contributed by atoms with E-state index in [1.54, 1.807) is 29.6 Å². The number of carbonyl (C=O) groups is 1. The molecule has 0 saturated carbocycles. The summed E-state index contributed by atoms with van der Waals surface area (Å²) >= 11 is 1.56. The van der Waals surface area contributed by atoms with Crippen molar-refractivity contribution in [2.45, 2.75) is 12.8 Å². The maximum atomic E-state index is 13.4. The Kier molecular flexibility index (Phi) is 4.75. The first-order chi connectivity index (χ1) is 11.5. The zero-order valence-corrected chi connectivity index (χ0v) is 13.3. The van der Waals surface area contributed by atoms with Crippen LogP contribution in [0.2, 0.25) is 0 Å². The van der Waals surface area contributed by atoms with Gasteiger partial charge in [-0.2, -0.15) is 0 Å². The Balaban J connectivity index is 1.88. The zero-order valence-electron chi connectivity index (χ0n) is 12.5. The molecule has 0 fully saturated rings. The lowest BCUT2D eigenvalue weighted by atomic mass is 10.1. The van der Waals surface area contributed by atoms with Crippen molar-refractivity contribution in [3.8, 4) is 0 Å². The fourth-order valence-corrected chi connectivity index (χ4v) is 3.17. The molecule has 1 aliphatic rings. The van der Waals surface area contributed by atoms with E-state index in [0.717, 1.165) is 15.1 Å². The maximum absolute atomic E-state index is 13.4. The van der Waals surface area contributed by atoms with Crippen molar-refractivity contribution in [1.29, 1.82) is 0 Å². The van der Waals surface area contributed by atoms with Gasteiger partial charge in [-0.1, -0.05) is 6.07 Å². The molecule has 3 rings (SSSR count). The largest absolute Gasteiger partial charge is 0.677 e. The van der Waals surface area contributed by atoms with Gasteiger partial charge in [-0.15, -0.1) is 11.3 Å². The van der Waals surface area contributed by atoms with E-state index in [4.69, 9.17) is 5.11 Å². The molecule has 0 amide bonds. The number of aryl methyl sites for hydroxylation is 1. The molecule has 0 radical (unpaired) electrons. The highest BCUT2D eigenvalue weighted by molar-refractivity contribution is 7.12. The van der Waals surface area contributed by atoms with Crippen LogP contribution < -0.4 is 0 Å². The van der Waals surface area contributed by atoms with Crippen molar-refractivity contribution in [3.63, 3.8) is 0 Å². The molecule has 1 aliphatic heterocycles. The summed E-state index contributed by atoms with van der Waals surface area (Å²) in [6, 6.07) is 6.96. The minimum Gasteiger partial charge on any atom is -0.481 e. The maximum Gasteiger partial charge on any atom is 0.677 e. The van der Waals surface area contributed by atoms with Crippen molar-refractivity contribution in [1.82, 2.24) is 4.48 Å². The minimum atomic E-state index is -2.73. The summed E-state index contributed by atoms with van der Waals surface area (Å²) in [5.41, 5.74) is 1.99. The smallest absolute Gasteiger partial charge is 0.481 e. The number of carboxylic acids is 1. The third-order valence-electron chi connectivity index (χ3n) is 3.56. The van der Waals surface area contributed by atoms with Crippen molar-refractivity contribution in [2.75, 3.05) is 0 Å². The van der Waals surface area contributed by atoms with Gasteiger partial charge in [-0.3, -0.25) is 13.4 Å². The van der Waals surface area contributed by atoms with Gasteiger partial charge in [0, 0.05) is 11.4 Å². The second kappa shape index (κ2) is 6.96. The van der Waals surface area contributed by atoms with Crippen LogP contribution in [0.5, 0.6) is 0 Å². The number of thiophene rings is 1. The van der Waals surface area contributed by atoms with E-state index >= 15 is 0 Å². The fourth-order valence-electron chi connectivity index (χ4n) is 2.47. The van der Waals surface area contributed by atoms with Crippen LogP contribution in [0, 0.1) is 0 Å². The predicted octanol–water partition coefficient (Wildman–Crippen LogP) is 3.74. The minimum absolute atomic E-state index is 0.0579.